The molecule has 5 nitrogen and oxygen atoms in total. The van der Waals surface area contributed by atoms with E-state index in [0.717, 1.165) is 0 Å². The summed E-state index contributed by atoms with van der Waals surface area (Å²) < 4.78 is 40.2. The van der Waals surface area contributed by atoms with Gasteiger partial charge in [0.25, 0.3) is 5.91 Å². The van der Waals surface area contributed by atoms with E-state index in [1.54, 1.807) is 18.2 Å². The van der Waals surface area contributed by atoms with Crippen LogP contribution in [0.5, 0.6) is 0 Å². The molecule has 0 fully saturated rings. The van der Waals surface area contributed by atoms with Gasteiger partial charge in [0, 0.05) is 17.5 Å². The van der Waals surface area contributed by atoms with Crippen LogP contribution in [0.15, 0.2) is 53.4 Å². The van der Waals surface area contributed by atoms with Crippen LogP contribution in [0.2, 0.25) is 0 Å². The highest BCUT2D eigenvalue weighted by molar-refractivity contribution is 7.89. The lowest BCUT2D eigenvalue weighted by Gasteiger charge is -2.26. The lowest BCUT2D eigenvalue weighted by atomic mass is 9.84. The van der Waals surface area contributed by atoms with Crippen molar-refractivity contribution in [2.75, 3.05) is 13.1 Å². The third-order valence-corrected chi connectivity index (χ3v) is 5.50. The lowest BCUT2D eigenvalue weighted by Crippen LogP contribution is -2.37. The number of rotatable bonds is 7. The summed E-state index contributed by atoms with van der Waals surface area (Å²) in [6.45, 7) is 3.77. The molecule has 2 aromatic carbocycles. The maximum absolute atomic E-state index is 14.0. The number of hydrogen-bond donors (Lipinski definition) is 2. The van der Waals surface area contributed by atoms with Gasteiger partial charge < -0.3 is 5.32 Å². The fourth-order valence-corrected chi connectivity index (χ4v) is 3.45. The second kappa shape index (κ2) is 8.33. The zero-order chi connectivity index (χ0) is 20.1. The van der Waals surface area contributed by atoms with Crippen molar-refractivity contribution in [1.82, 2.24) is 10.0 Å². The second-order valence-electron chi connectivity index (χ2n) is 6.60. The molecule has 0 aromatic heterocycles. The Balaban J connectivity index is 2.06. The summed E-state index contributed by atoms with van der Waals surface area (Å²) in [6, 6.07) is 11.9. The number of terminal acetylenes is 1. The van der Waals surface area contributed by atoms with Crippen LogP contribution in [-0.2, 0) is 15.4 Å². The first kappa shape index (κ1) is 20.6. The number of benzene rings is 2. The van der Waals surface area contributed by atoms with Crippen LogP contribution in [0.25, 0.3) is 0 Å². The number of carbonyl (C=O) groups is 1. The summed E-state index contributed by atoms with van der Waals surface area (Å²) in [4.78, 5) is 12.4. The van der Waals surface area contributed by atoms with Crippen LogP contribution in [0.1, 0.15) is 29.8 Å². The minimum atomic E-state index is -3.71. The van der Waals surface area contributed by atoms with Crippen LogP contribution in [-0.4, -0.2) is 27.4 Å². The normalized spacial score (nSPS) is 11.6. The summed E-state index contributed by atoms with van der Waals surface area (Å²) in [5.41, 5.74) is 0.199. The molecule has 142 valence electrons. The topological polar surface area (TPSA) is 75.3 Å². The van der Waals surface area contributed by atoms with Gasteiger partial charge in [-0.2, -0.15) is 4.72 Å². The van der Waals surface area contributed by atoms with E-state index < -0.39 is 15.4 Å². The molecular weight excluding hydrogens is 367 g/mol. The summed E-state index contributed by atoms with van der Waals surface area (Å²) >= 11 is 0. The first-order chi connectivity index (χ1) is 12.7. The standard InChI is InChI=1S/C20H21FN2O3S/c1-4-13-23-27(25,26)16-11-9-15(10-12-16)19(24)22-14-20(2,3)17-7-5-6-8-18(17)21/h1,5-12,23H,13-14H2,2-3H3,(H,22,24). The van der Waals surface area contributed by atoms with Gasteiger partial charge >= 0.3 is 0 Å². The number of halogens is 1. The first-order valence-corrected chi connectivity index (χ1v) is 9.72. The molecule has 2 aromatic rings. The van der Waals surface area contributed by atoms with E-state index in [9.17, 15) is 17.6 Å². The fourth-order valence-electron chi connectivity index (χ4n) is 2.51. The van der Waals surface area contributed by atoms with Crippen molar-refractivity contribution in [2.24, 2.45) is 0 Å². The van der Waals surface area contributed by atoms with Crippen LogP contribution < -0.4 is 10.0 Å². The number of sulfonamides is 1. The zero-order valence-corrected chi connectivity index (χ0v) is 15.9. The van der Waals surface area contributed by atoms with Crippen molar-refractivity contribution < 1.29 is 17.6 Å². The Labute approximate surface area is 159 Å². The van der Waals surface area contributed by atoms with Gasteiger partial charge in [-0.15, -0.1) is 6.42 Å². The highest BCUT2D eigenvalue weighted by Gasteiger charge is 2.25. The number of hydrogen-bond acceptors (Lipinski definition) is 3. The van der Waals surface area contributed by atoms with E-state index >= 15 is 0 Å². The lowest BCUT2D eigenvalue weighted by molar-refractivity contribution is 0.0945. The molecule has 0 aliphatic heterocycles. The van der Waals surface area contributed by atoms with Crippen LogP contribution in [0.4, 0.5) is 4.39 Å². The smallest absolute Gasteiger partial charge is 0.251 e. The molecule has 0 unspecified atom stereocenters. The SMILES string of the molecule is C#CCNS(=O)(=O)c1ccc(C(=O)NCC(C)(C)c2ccccc2F)cc1. The average molecular weight is 388 g/mol. The molecule has 0 saturated heterocycles. The molecule has 0 radical (unpaired) electrons. The zero-order valence-electron chi connectivity index (χ0n) is 15.1. The highest BCUT2D eigenvalue weighted by Crippen LogP contribution is 2.25. The third-order valence-electron chi connectivity index (χ3n) is 4.08. The Morgan fingerprint density at radius 1 is 1.15 bits per heavy atom. The van der Waals surface area contributed by atoms with Gasteiger partial charge in [-0.25, -0.2) is 12.8 Å². The van der Waals surface area contributed by atoms with Crippen molar-refractivity contribution in [1.29, 1.82) is 0 Å². The molecule has 0 bridgehead atoms. The summed E-state index contributed by atoms with van der Waals surface area (Å²) in [5, 5.41) is 2.76. The molecule has 0 spiro atoms. The molecule has 0 saturated carbocycles. The van der Waals surface area contributed by atoms with E-state index in [4.69, 9.17) is 6.42 Å². The molecular formula is C20H21FN2O3S. The predicted octanol–water partition coefficient (Wildman–Crippen LogP) is 2.44. The highest BCUT2D eigenvalue weighted by atomic mass is 32.2. The largest absolute Gasteiger partial charge is 0.351 e. The molecule has 1 amide bonds. The molecule has 2 N–H and O–H groups in total. The maximum atomic E-state index is 14.0. The van der Waals surface area contributed by atoms with E-state index in [1.807, 2.05) is 13.8 Å². The van der Waals surface area contributed by atoms with Crippen LogP contribution in [0.3, 0.4) is 0 Å². The number of nitrogens with one attached hydrogen (secondary N) is 2. The minimum Gasteiger partial charge on any atom is -0.351 e. The van der Waals surface area contributed by atoms with Gasteiger partial charge in [0.15, 0.2) is 0 Å². The molecule has 0 aliphatic rings. The number of carbonyl (C=O) groups excluding carboxylic acids is 1. The van der Waals surface area contributed by atoms with Crippen LogP contribution in [0, 0.1) is 18.2 Å². The van der Waals surface area contributed by atoms with Gasteiger partial charge in [-0.1, -0.05) is 38.0 Å². The Bertz CT molecular complexity index is 961. The van der Waals surface area contributed by atoms with Crippen molar-refractivity contribution in [3.05, 3.63) is 65.5 Å². The molecule has 7 heteroatoms. The van der Waals surface area contributed by atoms with Gasteiger partial charge in [-0.05, 0) is 35.9 Å². The monoisotopic (exact) mass is 388 g/mol. The van der Waals surface area contributed by atoms with E-state index in [2.05, 4.69) is 16.0 Å². The van der Waals surface area contributed by atoms with Gasteiger partial charge in [0.05, 0.1) is 11.4 Å². The fraction of sp³-hybridized carbons (Fsp3) is 0.250. The van der Waals surface area contributed by atoms with Gasteiger partial charge in [0.2, 0.25) is 10.0 Å². The second-order valence-corrected chi connectivity index (χ2v) is 8.37. The Hall–Kier alpha value is -2.69. The minimum absolute atomic E-state index is 0.0148. The molecule has 0 aliphatic carbocycles. The third kappa shape index (κ3) is 5.16. The number of amides is 1. The van der Waals surface area contributed by atoms with Crippen molar-refractivity contribution >= 4 is 15.9 Å². The predicted molar refractivity (Wildman–Crippen MR) is 102 cm³/mol. The summed E-state index contributed by atoms with van der Waals surface area (Å²) in [6.07, 6.45) is 5.04. The summed E-state index contributed by atoms with van der Waals surface area (Å²) in [5.74, 6) is 1.49. The molecule has 27 heavy (non-hydrogen) atoms. The van der Waals surface area contributed by atoms with Crippen molar-refractivity contribution in [2.45, 2.75) is 24.2 Å². The van der Waals surface area contributed by atoms with E-state index in [0.29, 0.717) is 11.1 Å². The first-order valence-electron chi connectivity index (χ1n) is 8.24. The molecule has 2 rings (SSSR count). The maximum Gasteiger partial charge on any atom is 0.251 e. The average Bonchev–Trinajstić information content (AvgIpc) is 2.65. The molecule has 0 atom stereocenters. The van der Waals surface area contributed by atoms with E-state index in [1.165, 1.54) is 30.3 Å². The molecule has 0 heterocycles. The summed E-state index contributed by atoms with van der Waals surface area (Å²) in [7, 11) is -3.71. The van der Waals surface area contributed by atoms with Gasteiger partial charge in [-0.3, -0.25) is 4.79 Å². The van der Waals surface area contributed by atoms with Crippen molar-refractivity contribution in [3.8, 4) is 12.3 Å². The Morgan fingerprint density at radius 2 is 1.78 bits per heavy atom. The van der Waals surface area contributed by atoms with Crippen LogP contribution >= 0.6 is 0 Å². The van der Waals surface area contributed by atoms with Crippen molar-refractivity contribution in [3.63, 3.8) is 0 Å². The van der Waals surface area contributed by atoms with E-state index in [-0.39, 0.29) is 29.7 Å². The Morgan fingerprint density at radius 3 is 2.37 bits per heavy atom. The Kier molecular flexibility index (Phi) is 6.37. The quantitative estimate of drug-likeness (QED) is 0.716. The van der Waals surface area contributed by atoms with Gasteiger partial charge in [0.1, 0.15) is 5.82 Å².